The second kappa shape index (κ2) is 6.62. The second-order valence-electron chi connectivity index (χ2n) is 6.06. The minimum Gasteiger partial charge on any atom is -0.322 e. The summed E-state index contributed by atoms with van der Waals surface area (Å²) in [5.41, 5.74) is -0.327. The molecular formula is C18H19FN4O3. The number of fused-ring (bicyclic) bond motifs is 1. The number of amides is 1. The summed E-state index contributed by atoms with van der Waals surface area (Å²) in [4.78, 5) is 37.4. The number of anilines is 1. The van der Waals surface area contributed by atoms with Crippen molar-refractivity contribution in [3.8, 4) is 0 Å². The monoisotopic (exact) mass is 358 g/mol. The zero-order valence-corrected chi connectivity index (χ0v) is 14.7. The smallest absolute Gasteiger partial charge is 0.322 e. The van der Waals surface area contributed by atoms with Crippen molar-refractivity contribution < 1.29 is 9.18 Å². The highest BCUT2D eigenvalue weighted by atomic mass is 19.1. The summed E-state index contributed by atoms with van der Waals surface area (Å²) in [7, 11) is 2.94. The Labute approximate surface area is 148 Å². The fourth-order valence-electron chi connectivity index (χ4n) is 3.03. The van der Waals surface area contributed by atoms with Crippen LogP contribution in [0.5, 0.6) is 0 Å². The molecule has 1 aromatic carbocycles. The number of carbonyl (C=O) groups excluding carboxylic acids is 1. The van der Waals surface area contributed by atoms with Crippen LogP contribution in [0.1, 0.15) is 23.8 Å². The van der Waals surface area contributed by atoms with Crippen LogP contribution >= 0.6 is 0 Å². The van der Waals surface area contributed by atoms with Crippen LogP contribution in [0.15, 0.2) is 39.9 Å². The van der Waals surface area contributed by atoms with Crippen molar-refractivity contribution in [3.05, 3.63) is 62.7 Å². The van der Waals surface area contributed by atoms with Gasteiger partial charge in [-0.3, -0.25) is 18.7 Å². The topological polar surface area (TPSA) is 78.0 Å². The number of carbonyl (C=O) groups is 1. The molecule has 0 saturated heterocycles. The van der Waals surface area contributed by atoms with Gasteiger partial charge < -0.3 is 9.88 Å². The van der Waals surface area contributed by atoms with Crippen molar-refractivity contribution in [2.75, 3.05) is 5.32 Å². The van der Waals surface area contributed by atoms with E-state index < -0.39 is 23.0 Å². The Kier molecular flexibility index (Phi) is 4.50. The number of benzene rings is 1. The number of halogens is 1. The quantitative estimate of drug-likeness (QED) is 0.773. The summed E-state index contributed by atoms with van der Waals surface area (Å²) >= 11 is 0. The van der Waals surface area contributed by atoms with Gasteiger partial charge in [-0.2, -0.15) is 0 Å². The third-order valence-electron chi connectivity index (χ3n) is 4.30. The number of rotatable bonds is 4. The number of hydrogen-bond donors (Lipinski definition) is 1. The molecule has 2 heterocycles. The predicted octanol–water partition coefficient (Wildman–Crippen LogP) is 1.84. The Morgan fingerprint density at radius 3 is 2.50 bits per heavy atom. The van der Waals surface area contributed by atoms with E-state index in [0.29, 0.717) is 18.6 Å². The standard InChI is InChI=1S/C18H19FN4O3/c1-4-9-23-14(15(24)20-13-8-6-5-7-12(13)19)10-11-16(23)21(2)18(26)22(3)17(11)25/h5-8,10H,4,9H2,1-3H3,(H,20,24). The van der Waals surface area contributed by atoms with Crippen LogP contribution in [-0.4, -0.2) is 19.6 Å². The minimum atomic E-state index is -0.553. The fourth-order valence-corrected chi connectivity index (χ4v) is 3.03. The molecule has 0 unspecified atom stereocenters. The number of para-hydroxylation sites is 1. The number of nitrogens with one attached hydrogen (secondary N) is 1. The molecule has 26 heavy (non-hydrogen) atoms. The zero-order chi connectivity index (χ0) is 19.0. The van der Waals surface area contributed by atoms with E-state index in [4.69, 9.17) is 0 Å². The van der Waals surface area contributed by atoms with Gasteiger partial charge in [-0.25, -0.2) is 9.18 Å². The molecule has 0 aliphatic rings. The van der Waals surface area contributed by atoms with Crippen LogP contribution in [0.4, 0.5) is 10.1 Å². The SMILES string of the molecule is CCCn1c(C(=O)Nc2ccccc2F)cc2c(=O)n(C)c(=O)n(C)c21. The molecule has 0 fully saturated rings. The molecule has 0 bridgehead atoms. The summed E-state index contributed by atoms with van der Waals surface area (Å²) < 4.78 is 17.8. The molecule has 136 valence electrons. The molecule has 1 amide bonds. The van der Waals surface area contributed by atoms with E-state index in [9.17, 15) is 18.8 Å². The van der Waals surface area contributed by atoms with Gasteiger partial charge in [0.05, 0.1) is 11.1 Å². The van der Waals surface area contributed by atoms with Crippen LogP contribution in [0.2, 0.25) is 0 Å². The minimum absolute atomic E-state index is 0.0487. The van der Waals surface area contributed by atoms with Gasteiger partial charge in [0, 0.05) is 20.6 Å². The number of hydrogen-bond acceptors (Lipinski definition) is 3. The lowest BCUT2D eigenvalue weighted by Gasteiger charge is -2.12. The van der Waals surface area contributed by atoms with Crippen molar-refractivity contribution in [1.82, 2.24) is 13.7 Å². The van der Waals surface area contributed by atoms with E-state index in [2.05, 4.69) is 5.32 Å². The predicted molar refractivity (Wildman–Crippen MR) is 97.1 cm³/mol. The Hall–Kier alpha value is -3.16. The number of aryl methyl sites for hydroxylation is 2. The highest BCUT2D eigenvalue weighted by molar-refractivity contribution is 6.06. The average molecular weight is 358 g/mol. The third kappa shape index (κ3) is 2.73. The van der Waals surface area contributed by atoms with Gasteiger partial charge in [0.25, 0.3) is 11.5 Å². The van der Waals surface area contributed by atoms with Gasteiger partial charge in [-0.05, 0) is 24.6 Å². The van der Waals surface area contributed by atoms with Gasteiger partial charge >= 0.3 is 5.69 Å². The maximum atomic E-state index is 13.8. The van der Waals surface area contributed by atoms with E-state index in [-0.39, 0.29) is 16.8 Å². The zero-order valence-electron chi connectivity index (χ0n) is 14.7. The Morgan fingerprint density at radius 1 is 1.15 bits per heavy atom. The molecule has 3 rings (SSSR count). The van der Waals surface area contributed by atoms with Crippen molar-refractivity contribution >= 4 is 22.6 Å². The highest BCUT2D eigenvalue weighted by Gasteiger charge is 2.21. The molecule has 0 atom stereocenters. The highest BCUT2D eigenvalue weighted by Crippen LogP contribution is 2.19. The van der Waals surface area contributed by atoms with Crippen LogP contribution < -0.4 is 16.6 Å². The Bertz CT molecular complexity index is 1120. The normalized spacial score (nSPS) is 11.1. The summed E-state index contributed by atoms with van der Waals surface area (Å²) in [6.07, 6.45) is 0.688. The average Bonchev–Trinajstić information content (AvgIpc) is 3.00. The molecule has 0 spiro atoms. The van der Waals surface area contributed by atoms with E-state index in [0.717, 1.165) is 4.57 Å². The maximum Gasteiger partial charge on any atom is 0.332 e. The Morgan fingerprint density at radius 2 is 1.85 bits per heavy atom. The first-order valence-electron chi connectivity index (χ1n) is 8.22. The van der Waals surface area contributed by atoms with Gasteiger partial charge in [0.1, 0.15) is 17.2 Å². The van der Waals surface area contributed by atoms with Crippen molar-refractivity contribution in [1.29, 1.82) is 0 Å². The molecule has 0 radical (unpaired) electrons. The Balaban J connectivity index is 2.21. The van der Waals surface area contributed by atoms with Gasteiger partial charge in [0.2, 0.25) is 0 Å². The van der Waals surface area contributed by atoms with Gasteiger partial charge in [-0.15, -0.1) is 0 Å². The first-order chi connectivity index (χ1) is 12.4. The largest absolute Gasteiger partial charge is 0.332 e. The van der Waals surface area contributed by atoms with E-state index in [1.54, 1.807) is 17.7 Å². The van der Waals surface area contributed by atoms with Crippen molar-refractivity contribution in [2.45, 2.75) is 19.9 Å². The summed E-state index contributed by atoms with van der Waals surface area (Å²) in [5.74, 6) is -1.10. The van der Waals surface area contributed by atoms with Crippen LogP contribution in [0.3, 0.4) is 0 Å². The lowest BCUT2D eigenvalue weighted by atomic mass is 10.3. The first-order valence-corrected chi connectivity index (χ1v) is 8.22. The molecule has 0 aliphatic heterocycles. The van der Waals surface area contributed by atoms with Crippen molar-refractivity contribution in [2.24, 2.45) is 14.1 Å². The summed E-state index contributed by atoms with van der Waals surface area (Å²) in [6, 6.07) is 7.28. The molecule has 7 nitrogen and oxygen atoms in total. The van der Waals surface area contributed by atoms with Crippen LogP contribution in [0, 0.1) is 5.82 Å². The fraction of sp³-hybridized carbons (Fsp3) is 0.278. The van der Waals surface area contributed by atoms with E-state index in [1.165, 1.54) is 35.9 Å². The molecule has 3 aromatic rings. The van der Waals surface area contributed by atoms with Crippen LogP contribution in [0.25, 0.3) is 11.0 Å². The second-order valence-corrected chi connectivity index (χ2v) is 6.06. The maximum absolute atomic E-state index is 13.8. The first kappa shape index (κ1) is 17.7. The van der Waals surface area contributed by atoms with Gasteiger partial charge in [-0.1, -0.05) is 19.1 Å². The molecule has 2 aromatic heterocycles. The third-order valence-corrected chi connectivity index (χ3v) is 4.30. The van der Waals surface area contributed by atoms with E-state index in [1.807, 2.05) is 6.92 Å². The van der Waals surface area contributed by atoms with Crippen LogP contribution in [-0.2, 0) is 20.6 Å². The molecule has 8 heteroatoms. The number of nitrogens with zero attached hydrogens (tertiary/aromatic N) is 3. The molecule has 1 N–H and O–H groups in total. The van der Waals surface area contributed by atoms with E-state index >= 15 is 0 Å². The number of aromatic nitrogens is 3. The lowest BCUT2D eigenvalue weighted by molar-refractivity contribution is 0.101. The molecular weight excluding hydrogens is 339 g/mol. The lowest BCUT2D eigenvalue weighted by Crippen LogP contribution is -2.37. The molecule has 0 saturated carbocycles. The summed E-state index contributed by atoms with van der Waals surface area (Å²) in [6.45, 7) is 2.35. The van der Waals surface area contributed by atoms with Crippen molar-refractivity contribution in [3.63, 3.8) is 0 Å². The molecule has 0 aliphatic carbocycles. The summed E-state index contributed by atoms with van der Waals surface area (Å²) in [5, 5.41) is 2.79. The van der Waals surface area contributed by atoms with Gasteiger partial charge in [0.15, 0.2) is 0 Å².